The van der Waals surface area contributed by atoms with Gasteiger partial charge in [0.2, 0.25) is 5.95 Å². The van der Waals surface area contributed by atoms with Gasteiger partial charge in [-0.3, -0.25) is 10.1 Å². The van der Waals surface area contributed by atoms with E-state index < -0.39 is 0 Å². The number of fused-ring (bicyclic) bond motifs is 1. The van der Waals surface area contributed by atoms with E-state index in [2.05, 4.69) is 10.3 Å². The Morgan fingerprint density at radius 3 is 2.52 bits per heavy atom. The van der Waals surface area contributed by atoms with Crippen molar-refractivity contribution in [2.45, 2.75) is 13.5 Å². The third-order valence-electron chi connectivity index (χ3n) is 4.59. The van der Waals surface area contributed by atoms with Crippen LogP contribution in [0.1, 0.15) is 15.9 Å². The first-order chi connectivity index (χ1) is 14.1. The van der Waals surface area contributed by atoms with Gasteiger partial charge in [-0.15, -0.1) is 0 Å². The molecule has 1 N–H and O–H groups in total. The topological polar surface area (TPSA) is 56.1 Å². The maximum absolute atomic E-state index is 12.6. The number of anilines is 1. The van der Waals surface area contributed by atoms with Crippen LogP contribution in [0, 0.1) is 6.92 Å². The molecule has 3 aromatic carbocycles. The van der Waals surface area contributed by atoms with Gasteiger partial charge in [-0.1, -0.05) is 41.4 Å². The minimum atomic E-state index is -0.238. The van der Waals surface area contributed by atoms with E-state index >= 15 is 0 Å². The lowest BCUT2D eigenvalue weighted by molar-refractivity contribution is 0.102. The highest BCUT2D eigenvalue weighted by molar-refractivity contribution is 6.30. The van der Waals surface area contributed by atoms with E-state index in [0.29, 0.717) is 29.7 Å². The first-order valence-electron chi connectivity index (χ1n) is 9.32. The molecule has 0 saturated heterocycles. The zero-order chi connectivity index (χ0) is 20.2. The Hall–Kier alpha value is -3.31. The molecule has 0 aliphatic rings. The van der Waals surface area contributed by atoms with Crippen LogP contribution in [0.4, 0.5) is 5.95 Å². The Kier molecular flexibility index (Phi) is 5.49. The Balaban J connectivity index is 1.54. The third-order valence-corrected chi connectivity index (χ3v) is 4.84. The highest BCUT2D eigenvalue weighted by Gasteiger charge is 2.14. The van der Waals surface area contributed by atoms with Crippen LogP contribution in [0.25, 0.3) is 11.0 Å². The van der Waals surface area contributed by atoms with Crippen molar-refractivity contribution in [1.82, 2.24) is 9.55 Å². The van der Waals surface area contributed by atoms with Gasteiger partial charge in [-0.2, -0.15) is 0 Å². The van der Waals surface area contributed by atoms with Crippen LogP contribution in [-0.2, 0) is 6.54 Å². The van der Waals surface area contributed by atoms with Crippen molar-refractivity contribution in [3.05, 3.63) is 88.9 Å². The van der Waals surface area contributed by atoms with E-state index in [-0.39, 0.29) is 5.91 Å². The molecule has 146 valence electrons. The Bertz CT molecular complexity index is 1140. The second-order valence-electron chi connectivity index (χ2n) is 6.70. The molecule has 0 saturated carbocycles. The van der Waals surface area contributed by atoms with Gasteiger partial charge in [-0.05, 0) is 55.5 Å². The SMILES string of the molecule is Cc1ccc(OCCn2c(NC(=O)c3ccc(Cl)cc3)nc3ccccc32)cc1. The van der Waals surface area contributed by atoms with Gasteiger partial charge in [0, 0.05) is 10.6 Å². The van der Waals surface area contributed by atoms with E-state index in [1.807, 2.05) is 60.0 Å². The van der Waals surface area contributed by atoms with Gasteiger partial charge in [0.25, 0.3) is 5.91 Å². The minimum Gasteiger partial charge on any atom is -0.492 e. The van der Waals surface area contributed by atoms with Crippen molar-refractivity contribution >= 4 is 34.5 Å². The van der Waals surface area contributed by atoms with Crippen molar-refractivity contribution < 1.29 is 9.53 Å². The molecular formula is C23H20ClN3O2. The number of nitrogens with zero attached hydrogens (tertiary/aromatic N) is 2. The molecule has 1 heterocycles. The van der Waals surface area contributed by atoms with Crippen molar-refractivity contribution in [3.63, 3.8) is 0 Å². The summed E-state index contributed by atoms with van der Waals surface area (Å²) >= 11 is 5.91. The molecule has 4 rings (SSSR count). The summed E-state index contributed by atoms with van der Waals surface area (Å²) < 4.78 is 7.82. The second-order valence-corrected chi connectivity index (χ2v) is 7.13. The molecule has 0 bridgehead atoms. The molecule has 5 nitrogen and oxygen atoms in total. The lowest BCUT2D eigenvalue weighted by atomic mass is 10.2. The Morgan fingerprint density at radius 1 is 1.03 bits per heavy atom. The van der Waals surface area contributed by atoms with Crippen LogP contribution < -0.4 is 10.1 Å². The number of imidazole rings is 1. The smallest absolute Gasteiger partial charge is 0.257 e. The Labute approximate surface area is 173 Å². The first-order valence-corrected chi connectivity index (χ1v) is 9.69. The average molecular weight is 406 g/mol. The summed E-state index contributed by atoms with van der Waals surface area (Å²) in [6, 6.07) is 22.4. The number of amides is 1. The number of hydrogen-bond donors (Lipinski definition) is 1. The van der Waals surface area contributed by atoms with Gasteiger partial charge in [0.15, 0.2) is 0 Å². The van der Waals surface area contributed by atoms with Crippen LogP contribution in [0.5, 0.6) is 5.75 Å². The summed E-state index contributed by atoms with van der Waals surface area (Å²) in [5.41, 5.74) is 3.45. The molecule has 0 spiro atoms. The van der Waals surface area contributed by atoms with Crippen LogP contribution >= 0.6 is 11.6 Å². The van der Waals surface area contributed by atoms with Crippen molar-refractivity contribution in [3.8, 4) is 5.75 Å². The van der Waals surface area contributed by atoms with E-state index in [0.717, 1.165) is 16.8 Å². The molecule has 4 aromatic rings. The monoisotopic (exact) mass is 405 g/mol. The van der Waals surface area contributed by atoms with Gasteiger partial charge < -0.3 is 9.30 Å². The number of nitrogens with one attached hydrogen (secondary N) is 1. The van der Waals surface area contributed by atoms with Gasteiger partial charge in [0.05, 0.1) is 17.6 Å². The number of aromatic nitrogens is 2. The van der Waals surface area contributed by atoms with Crippen molar-refractivity contribution in [2.24, 2.45) is 0 Å². The molecule has 0 aliphatic heterocycles. The van der Waals surface area contributed by atoms with Crippen LogP contribution in [-0.4, -0.2) is 22.1 Å². The predicted octanol–water partition coefficient (Wildman–Crippen LogP) is 5.33. The molecule has 0 radical (unpaired) electrons. The number of rotatable bonds is 6. The number of carbonyl (C=O) groups excluding carboxylic acids is 1. The number of benzene rings is 3. The average Bonchev–Trinajstić information content (AvgIpc) is 3.07. The number of hydrogen-bond acceptors (Lipinski definition) is 3. The predicted molar refractivity (Wildman–Crippen MR) is 116 cm³/mol. The van der Waals surface area contributed by atoms with E-state index in [4.69, 9.17) is 16.3 Å². The fourth-order valence-corrected chi connectivity index (χ4v) is 3.19. The molecule has 0 aliphatic carbocycles. The fraction of sp³-hybridized carbons (Fsp3) is 0.130. The second kappa shape index (κ2) is 8.37. The number of aryl methyl sites for hydroxylation is 1. The molecule has 1 aromatic heterocycles. The molecule has 6 heteroatoms. The molecule has 0 unspecified atom stereocenters. The third kappa shape index (κ3) is 4.41. The van der Waals surface area contributed by atoms with Crippen LogP contribution in [0.2, 0.25) is 5.02 Å². The highest BCUT2D eigenvalue weighted by Crippen LogP contribution is 2.21. The molecule has 1 amide bonds. The summed E-state index contributed by atoms with van der Waals surface area (Å²) in [4.78, 5) is 17.2. The molecule has 29 heavy (non-hydrogen) atoms. The normalized spacial score (nSPS) is 10.8. The zero-order valence-corrected chi connectivity index (χ0v) is 16.7. The number of ether oxygens (including phenoxy) is 1. The lowest BCUT2D eigenvalue weighted by Gasteiger charge is -2.12. The molecule has 0 atom stereocenters. The number of halogens is 1. The van der Waals surface area contributed by atoms with Gasteiger partial charge in [0.1, 0.15) is 12.4 Å². The van der Waals surface area contributed by atoms with Crippen molar-refractivity contribution in [1.29, 1.82) is 0 Å². The standard InChI is InChI=1S/C23H20ClN3O2/c1-16-6-12-19(13-7-16)29-15-14-27-21-5-3-2-4-20(21)25-23(27)26-22(28)17-8-10-18(24)11-9-17/h2-13H,14-15H2,1H3,(H,25,26,28). The largest absolute Gasteiger partial charge is 0.492 e. The quantitative estimate of drug-likeness (QED) is 0.471. The van der Waals surface area contributed by atoms with Gasteiger partial charge >= 0.3 is 0 Å². The summed E-state index contributed by atoms with van der Waals surface area (Å²) in [6.07, 6.45) is 0. The van der Waals surface area contributed by atoms with E-state index in [9.17, 15) is 4.79 Å². The first kappa shape index (κ1) is 19.0. The van der Waals surface area contributed by atoms with Crippen molar-refractivity contribution in [2.75, 3.05) is 11.9 Å². The molecule has 0 fully saturated rings. The molecular weight excluding hydrogens is 386 g/mol. The van der Waals surface area contributed by atoms with Crippen LogP contribution in [0.15, 0.2) is 72.8 Å². The van der Waals surface area contributed by atoms with Crippen LogP contribution in [0.3, 0.4) is 0 Å². The fourth-order valence-electron chi connectivity index (χ4n) is 3.06. The maximum atomic E-state index is 12.6. The summed E-state index contributed by atoms with van der Waals surface area (Å²) in [6.45, 7) is 3.04. The summed E-state index contributed by atoms with van der Waals surface area (Å²) in [7, 11) is 0. The number of para-hydroxylation sites is 2. The zero-order valence-electron chi connectivity index (χ0n) is 15.9. The van der Waals surface area contributed by atoms with E-state index in [1.165, 1.54) is 5.56 Å². The number of carbonyl (C=O) groups is 1. The van der Waals surface area contributed by atoms with Gasteiger partial charge in [-0.25, -0.2) is 4.98 Å². The summed E-state index contributed by atoms with van der Waals surface area (Å²) in [5.74, 6) is 1.06. The Morgan fingerprint density at radius 2 is 1.76 bits per heavy atom. The minimum absolute atomic E-state index is 0.238. The summed E-state index contributed by atoms with van der Waals surface area (Å²) in [5, 5.41) is 3.49. The lowest BCUT2D eigenvalue weighted by Crippen LogP contribution is -2.17. The maximum Gasteiger partial charge on any atom is 0.257 e. The highest BCUT2D eigenvalue weighted by atomic mass is 35.5. The van der Waals surface area contributed by atoms with E-state index in [1.54, 1.807) is 24.3 Å².